The molecular weight excluding hydrogens is 491 g/mol. The summed E-state index contributed by atoms with van der Waals surface area (Å²) in [5, 5.41) is 14.9. The predicted molar refractivity (Wildman–Crippen MR) is 129 cm³/mol. The number of hydrogen-bond acceptors (Lipinski definition) is 11. The summed E-state index contributed by atoms with van der Waals surface area (Å²) >= 11 is 0. The van der Waals surface area contributed by atoms with Crippen LogP contribution in [0.5, 0.6) is 5.88 Å². The zero-order valence-corrected chi connectivity index (χ0v) is 21.0. The molecular formula is C21H27N8O6P. The molecule has 3 aromatic rings. The smallest absolute Gasteiger partial charge is 0.328 e. The summed E-state index contributed by atoms with van der Waals surface area (Å²) in [4.78, 5) is 15.4. The van der Waals surface area contributed by atoms with Gasteiger partial charge < -0.3 is 29.4 Å². The highest BCUT2D eigenvalue weighted by molar-refractivity contribution is 7.52. The third-order valence-corrected chi connectivity index (χ3v) is 7.28. The molecule has 3 heterocycles. The van der Waals surface area contributed by atoms with E-state index in [4.69, 9.17) is 24.3 Å². The number of nitrogens with two attached hydrogens (primary N) is 1. The van der Waals surface area contributed by atoms with Crippen LogP contribution in [0.25, 0.3) is 21.6 Å². The largest absolute Gasteiger partial charge is 0.479 e. The molecule has 0 amide bonds. The van der Waals surface area contributed by atoms with E-state index in [2.05, 4.69) is 25.0 Å². The van der Waals surface area contributed by atoms with Gasteiger partial charge in [0.15, 0.2) is 17.4 Å². The third kappa shape index (κ3) is 4.87. The van der Waals surface area contributed by atoms with Gasteiger partial charge in [-0.15, -0.1) is 0 Å². The second-order valence-corrected chi connectivity index (χ2v) is 10.5. The van der Waals surface area contributed by atoms with Gasteiger partial charge in [0, 0.05) is 11.6 Å². The van der Waals surface area contributed by atoms with Crippen molar-refractivity contribution in [1.29, 1.82) is 0 Å². The Balaban J connectivity index is 1.57. The van der Waals surface area contributed by atoms with Crippen molar-refractivity contribution < 1.29 is 28.2 Å². The van der Waals surface area contributed by atoms with Crippen molar-refractivity contribution in [3.8, 4) is 5.88 Å². The molecule has 192 valence electrons. The Morgan fingerprint density at radius 2 is 2.11 bits per heavy atom. The first-order valence-electron chi connectivity index (χ1n) is 11.0. The number of aliphatic hydroxyl groups is 1. The molecule has 6 atom stereocenters. The molecule has 1 aliphatic heterocycles. The molecule has 0 aliphatic carbocycles. The Bertz CT molecular complexity index is 1330. The highest BCUT2D eigenvalue weighted by Crippen LogP contribution is 2.50. The number of anilines is 1. The van der Waals surface area contributed by atoms with Crippen molar-refractivity contribution in [2.75, 3.05) is 26.1 Å². The maximum absolute atomic E-state index is 13.0. The van der Waals surface area contributed by atoms with Gasteiger partial charge in [-0.3, -0.25) is 9.13 Å². The van der Waals surface area contributed by atoms with E-state index in [9.17, 15) is 15.2 Å². The van der Waals surface area contributed by atoms with Crippen LogP contribution in [0, 0.1) is 0 Å². The molecule has 0 bridgehead atoms. The number of rotatable bonds is 9. The summed E-state index contributed by atoms with van der Waals surface area (Å²) in [6, 6.07) is 9.28. The lowest BCUT2D eigenvalue weighted by Gasteiger charge is -2.28. The van der Waals surface area contributed by atoms with Gasteiger partial charge in [-0.1, -0.05) is 35.4 Å². The summed E-state index contributed by atoms with van der Waals surface area (Å²) in [5.41, 5.74) is 14.9. The molecule has 15 heteroatoms. The fraction of sp³-hybridized carbons (Fsp3) is 0.476. The minimum absolute atomic E-state index is 0.0679. The Kier molecular flexibility index (Phi) is 7.19. The van der Waals surface area contributed by atoms with Crippen molar-refractivity contribution in [1.82, 2.24) is 19.5 Å². The van der Waals surface area contributed by atoms with Crippen LogP contribution in [0.15, 0.2) is 41.8 Å². The van der Waals surface area contributed by atoms with E-state index >= 15 is 0 Å². The van der Waals surface area contributed by atoms with E-state index in [1.807, 2.05) is 30.3 Å². The van der Waals surface area contributed by atoms with Crippen LogP contribution in [-0.4, -0.2) is 62.8 Å². The number of benzene rings is 1. The molecule has 0 radical (unpaired) electrons. The molecule has 1 unspecified atom stereocenters. The maximum Gasteiger partial charge on any atom is 0.328 e. The van der Waals surface area contributed by atoms with E-state index in [0.29, 0.717) is 5.52 Å². The molecule has 1 aromatic carbocycles. The average molecular weight is 518 g/mol. The minimum Gasteiger partial charge on any atom is -0.479 e. The second kappa shape index (κ2) is 10.0. The molecule has 14 nitrogen and oxygen atoms in total. The lowest BCUT2D eigenvalue weighted by molar-refractivity contribution is -0.0435. The Morgan fingerprint density at radius 3 is 2.78 bits per heavy atom. The van der Waals surface area contributed by atoms with Crippen LogP contribution in [0.4, 0.5) is 5.95 Å². The second-order valence-electron chi connectivity index (χ2n) is 8.53. The van der Waals surface area contributed by atoms with Crippen LogP contribution in [0.2, 0.25) is 0 Å². The van der Waals surface area contributed by atoms with Crippen molar-refractivity contribution in [3.63, 3.8) is 0 Å². The van der Waals surface area contributed by atoms with Crippen LogP contribution in [0.3, 0.4) is 0 Å². The van der Waals surface area contributed by atoms with Crippen molar-refractivity contribution in [3.05, 3.63) is 52.7 Å². The first-order valence-corrected chi connectivity index (χ1v) is 13.0. The average Bonchev–Trinajstić information content (AvgIpc) is 3.36. The van der Waals surface area contributed by atoms with Crippen LogP contribution in [-0.2, 0) is 18.3 Å². The van der Waals surface area contributed by atoms with Crippen LogP contribution in [0.1, 0.15) is 31.7 Å². The van der Waals surface area contributed by atoms with Crippen molar-refractivity contribution >= 4 is 24.7 Å². The lowest BCUT2D eigenvalue weighted by Crippen LogP contribution is -2.42. The number of nitrogens with zero attached hydrogens (tertiary/aromatic N) is 7. The number of methoxy groups -OCH3 is 1. The van der Waals surface area contributed by atoms with Gasteiger partial charge in [0.25, 0.3) is 0 Å². The number of aromatic nitrogens is 4. The first kappa shape index (κ1) is 25.8. The summed E-state index contributed by atoms with van der Waals surface area (Å²) < 4.78 is 37.0. The van der Waals surface area contributed by atoms with Gasteiger partial charge in [0.2, 0.25) is 11.8 Å². The normalized spacial score (nSPS) is 26.3. The van der Waals surface area contributed by atoms with E-state index < -0.39 is 37.7 Å². The van der Waals surface area contributed by atoms with E-state index in [-0.39, 0.29) is 24.1 Å². The number of ether oxygens (including phenoxy) is 2. The van der Waals surface area contributed by atoms with Gasteiger partial charge in [0.05, 0.1) is 32.3 Å². The van der Waals surface area contributed by atoms with Crippen molar-refractivity contribution in [2.45, 2.75) is 43.9 Å². The Morgan fingerprint density at radius 1 is 1.39 bits per heavy atom. The zero-order chi connectivity index (χ0) is 26.1. The molecule has 0 saturated carbocycles. The number of hydrogen-bond donors (Lipinski definition) is 2. The molecule has 1 fully saturated rings. The third-order valence-electron chi connectivity index (χ3n) is 5.96. The monoisotopic (exact) mass is 518 g/mol. The first-order chi connectivity index (χ1) is 17.1. The van der Waals surface area contributed by atoms with Gasteiger partial charge in [-0.2, -0.15) is 9.97 Å². The topological polar surface area (TPSA) is 193 Å². The summed E-state index contributed by atoms with van der Waals surface area (Å²) in [7, 11) is -2.14. The van der Waals surface area contributed by atoms with Gasteiger partial charge >= 0.3 is 7.60 Å². The van der Waals surface area contributed by atoms with Gasteiger partial charge in [-0.25, -0.2) is 4.98 Å². The fourth-order valence-corrected chi connectivity index (χ4v) is 5.29. The number of aliphatic hydroxyl groups excluding tert-OH is 1. The quantitative estimate of drug-likeness (QED) is 0.184. The van der Waals surface area contributed by atoms with E-state index in [0.717, 1.165) is 5.56 Å². The number of nitrogen functional groups attached to an aromatic ring is 1. The number of fused-ring (bicyclic) bond motifs is 1. The van der Waals surface area contributed by atoms with E-state index in [1.165, 1.54) is 31.6 Å². The molecule has 2 aromatic heterocycles. The summed E-state index contributed by atoms with van der Waals surface area (Å²) in [6.07, 6.45) is -2.50. The van der Waals surface area contributed by atoms with Crippen LogP contribution >= 0.6 is 7.60 Å². The minimum atomic E-state index is -3.55. The molecule has 1 aliphatic rings. The van der Waals surface area contributed by atoms with Gasteiger partial charge in [-0.05, 0) is 24.9 Å². The maximum atomic E-state index is 13.0. The Hall–Kier alpha value is -3.25. The van der Waals surface area contributed by atoms with E-state index in [1.54, 1.807) is 6.92 Å². The molecule has 0 spiro atoms. The standard InChI is InChI=1S/C21H27N8O6P/c1-12(13-8-6-5-7-9-13)35-36(4,31)33-10-14-16(30)21(2,27-28-23)19(34-14)29-11-24-15-17(29)25-20(22)26-18(15)32-3/h5-9,11-12,14,16,19,30H,10H2,1-4H3,(H2,22,25,26)/t12-,14-,16-,19-,21-,36?/m1/s1. The number of imidazole rings is 1. The molecule has 36 heavy (non-hydrogen) atoms. The molecule has 3 N–H and O–H groups in total. The Labute approximate surface area is 206 Å². The fourth-order valence-electron chi connectivity index (χ4n) is 4.11. The molecule has 4 rings (SSSR count). The SMILES string of the molecule is COc1nc(N)nc2c1ncn2[C@@H]1O[C@H](COP(C)(=O)O[C@H](C)c2ccccc2)[C@@H](O)[C@@]1(C)N=[N+]=[N-]. The summed E-state index contributed by atoms with van der Waals surface area (Å²) in [5.74, 6) is 0.0818. The van der Waals surface area contributed by atoms with Crippen molar-refractivity contribution in [2.24, 2.45) is 5.11 Å². The lowest BCUT2D eigenvalue weighted by atomic mass is 9.93. The number of azide groups is 1. The predicted octanol–water partition coefficient (Wildman–Crippen LogP) is 3.36. The zero-order valence-electron chi connectivity index (χ0n) is 20.1. The highest BCUT2D eigenvalue weighted by Gasteiger charge is 2.54. The van der Waals surface area contributed by atoms with Gasteiger partial charge in [0.1, 0.15) is 11.6 Å². The highest BCUT2D eigenvalue weighted by atomic mass is 31.2. The molecule has 1 saturated heterocycles. The summed E-state index contributed by atoms with van der Waals surface area (Å²) in [6.45, 7) is 4.33. The van der Waals surface area contributed by atoms with Crippen LogP contribution < -0.4 is 10.5 Å².